The van der Waals surface area contributed by atoms with Crippen molar-refractivity contribution in [3.05, 3.63) is 5.38 Å². The van der Waals surface area contributed by atoms with Gasteiger partial charge >= 0.3 is 0 Å². The van der Waals surface area contributed by atoms with Gasteiger partial charge in [-0.1, -0.05) is 18.3 Å². The van der Waals surface area contributed by atoms with Crippen molar-refractivity contribution in [2.24, 2.45) is 11.1 Å². The second-order valence-corrected chi connectivity index (χ2v) is 6.21. The average Bonchev–Trinajstić information content (AvgIpc) is 2.81. The summed E-state index contributed by atoms with van der Waals surface area (Å²) in [5.74, 6) is 0.577. The van der Waals surface area contributed by atoms with Crippen LogP contribution in [0.15, 0.2) is 10.5 Å². The van der Waals surface area contributed by atoms with Crippen LogP contribution < -0.4 is 5.14 Å². The molecule has 2 heterocycles. The van der Waals surface area contributed by atoms with Crippen LogP contribution in [0, 0.1) is 5.92 Å². The van der Waals surface area contributed by atoms with Crippen LogP contribution in [0.3, 0.4) is 0 Å². The van der Waals surface area contributed by atoms with E-state index < -0.39 is 10.0 Å². The maximum absolute atomic E-state index is 11.4. The second kappa shape index (κ2) is 4.71. The molecule has 0 fully saturated rings. The zero-order chi connectivity index (χ0) is 13.3. The molecule has 0 unspecified atom stereocenters. The van der Waals surface area contributed by atoms with Gasteiger partial charge in [-0.15, -0.1) is 15.3 Å². The van der Waals surface area contributed by atoms with Gasteiger partial charge in [0.05, 0.1) is 0 Å². The van der Waals surface area contributed by atoms with E-state index in [1.54, 1.807) is 5.38 Å². The Kier molecular flexibility index (Phi) is 3.41. The molecule has 98 valence electrons. The minimum absolute atomic E-state index is 0.215. The first-order chi connectivity index (χ1) is 8.39. The highest BCUT2D eigenvalue weighted by atomic mass is 32.2. The maximum Gasteiger partial charge on any atom is 0.273 e. The lowest BCUT2D eigenvalue weighted by molar-refractivity contribution is 0.486. The number of nitrogens with two attached hydrogens (primary N) is 1. The van der Waals surface area contributed by atoms with Gasteiger partial charge in [-0.2, -0.15) is 0 Å². The highest BCUT2D eigenvalue weighted by Crippen LogP contribution is 2.20. The van der Waals surface area contributed by atoms with Gasteiger partial charge in [-0.05, 0) is 17.5 Å². The number of sulfonamides is 1. The molecule has 0 amide bonds. The first-order valence-corrected chi connectivity index (χ1v) is 7.51. The number of nitrogens with zero attached hydrogens (tertiary/aromatic N) is 5. The molecule has 0 aromatic carbocycles. The number of aromatic nitrogens is 5. The third kappa shape index (κ3) is 2.54. The van der Waals surface area contributed by atoms with Gasteiger partial charge in [0.1, 0.15) is 5.69 Å². The second-order valence-electron chi connectivity index (χ2n) is 4.15. The predicted octanol–water partition coefficient (Wildman–Crippen LogP) is 0.1000. The molecule has 0 saturated heterocycles. The topological polar surface area (TPSA) is 117 Å². The quantitative estimate of drug-likeness (QED) is 0.852. The number of rotatable bonds is 4. The molecule has 0 spiro atoms. The van der Waals surface area contributed by atoms with Crippen LogP contribution in [0.5, 0.6) is 0 Å². The van der Waals surface area contributed by atoms with Gasteiger partial charge in [0.15, 0.2) is 5.82 Å². The number of primary sulfonamides is 1. The fraction of sp³-hybridized carbons (Fsp3) is 0.500. The highest BCUT2D eigenvalue weighted by molar-refractivity contribution is 7.89. The van der Waals surface area contributed by atoms with E-state index in [2.05, 4.69) is 19.8 Å². The number of hydrogen-bond donors (Lipinski definition) is 1. The lowest BCUT2D eigenvalue weighted by Gasteiger charge is -2.10. The van der Waals surface area contributed by atoms with E-state index in [0.717, 1.165) is 11.5 Å². The van der Waals surface area contributed by atoms with Crippen molar-refractivity contribution in [1.29, 1.82) is 0 Å². The van der Waals surface area contributed by atoms with E-state index in [1.807, 2.05) is 13.8 Å². The predicted molar refractivity (Wildman–Crippen MR) is 65.1 cm³/mol. The summed E-state index contributed by atoms with van der Waals surface area (Å²) in [6.45, 7) is 4.34. The summed E-state index contributed by atoms with van der Waals surface area (Å²) >= 11 is 1.16. The summed E-state index contributed by atoms with van der Waals surface area (Å²) in [6, 6.07) is 0. The molecule has 0 atom stereocenters. The first kappa shape index (κ1) is 13.1. The molecule has 10 heteroatoms. The Morgan fingerprint density at radius 2 is 2.11 bits per heavy atom. The zero-order valence-corrected chi connectivity index (χ0v) is 11.4. The third-order valence-corrected chi connectivity index (χ3v) is 3.42. The molecule has 8 nitrogen and oxygen atoms in total. The van der Waals surface area contributed by atoms with Gasteiger partial charge in [-0.25, -0.2) is 13.6 Å². The SMILES string of the molecule is CC(C)Cn1c(-c2csnn2)nnc1S(N)(=O)=O. The molecule has 0 bridgehead atoms. The standard InChI is InChI=1S/C8H12N6O2S2/c1-5(2)3-14-7(6-4-17-13-10-6)11-12-8(14)18(9,15)16/h4-5H,3H2,1-2H3,(H2,9,15,16). The molecule has 0 radical (unpaired) electrons. The molecule has 2 rings (SSSR count). The molecular weight excluding hydrogens is 276 g/mol. The van der Waals surface area contributed by atoms with Crippen LogP contribution in [0.4, 0.5) is 0 Å². The monoisotopic (exact) mass is 288 g/mol. The Bertz CT molecular complexity index is 631. The lowest BCUT2D eigenvalue weighted by atomic mass is 10.2. The smallest absolute Gasteiger partial charge is 0.273 e. The lowest BCUT2D eigenvalue weighted by Crippen LogP contribution is -2.20. The van der Waals surface area contributed by atoms with Gasteiger partial charge in [-0.3, -0.25) is 4.57 Å². The van der Waals surface area contributed by atoms with Crippen molar-refractivity contribution in [2.75, 3.05) is 0 Å². The van der Waals surface area contributed by atoms with Crippen LogP contribution >= 0.6 is 11.5 Å². The van der Waals surface area contributed by atoms with Gasteiger partial charge in [0, 0.05) is 11.9 Å². The van der Waals surface area contributed by atoms with E-state index >= 15 is 0 Å². The number of hydrogen-bond acceptors (Lipinski definition) is 7. The third-order valence-electron chi connectivity index (χ3n) is 2.11. The van der Waals surface area contributed by atoms with Gasteiger partial charge in [0.2, 0.25) is 0 Å². The summed E-state index contributed by atoms with van der Waals surface area (Å²) in [5.41, 5.74) is 0.489. The molecule has 18 heavy (non-hydrogen) atoms. The summed E-state index contributed by atoms with van der Waals surface area (Å²) in [5, 5.41) is 17.9. The van der Waals surface area contributed by atoms with Crippen LogP contribution in [0.1, 0.15) is 13.8 Å². The van der Waals surface area contributed by atoms with Gasteiger partial charge < -0.3 is 0 Å². The summed E-state index contributed by atoms with van der Waals surface area (Å²) in [7, 11) is -3.90. The van der Waals surface area contributed by atoms with Crippen molar-refractivity contribution >= 4 is 21.6 Å². The van der Waals surface area contributed by atoms with Crippen LogP contribution in [0.2, 0.25) is 0 Å². The Labute approximate surface area is 108 Å². The van der Waals surface area contributed by atoms with E-state index in [1.165, 1.54) is 4.57 Å². The Hall–Kier alpha value is -1.39. The molecule has 0 aliphatic rings. The zero-order valence-electron chi connectivity index (χ0n) is 9.81. The Balaban J connectivity index is 2.58. The van der Waals surface area contributed by atoms with Crippen LogP contribution in [0.25, 0.3) is 11.5 Å². The van der Waals surface area contributed by atoms with Crippen molar-refractivity contribution in [3.8, 4) is 11.5 Å². The summed E-state index contributed by atoms with van der Waals surface area (Å²) in [4.78, 5) is 0. The molecule has 0 aliphatic heterocycles. The van der Waals surface area contributed by atoms with E-state index in [0.29, 0.717) is 18.1 Å². The Morgan fingerprint density at radius 1 is 1.39 bits per heavy atom. The highest BCUT2D eigenvalue weighted by Gasteiger charge is 2.23. The van der Waals surface area contributed by atoms with Crippen molar-refractivity contribution in [3.63, 3.8) is 0 Å². The fourth-order valence-corrected chi connectivity index (χ4v) is 2.54. The fourth-order valence-electron chi connectivity index (χ4n) is 1.48. The molecule has 2 aromatic heterocycles. The van der Waals surface area contributed by atoms with Crippen molar-refractivity contribution in [1.82, 2.24) is 24.4 Å². The van der Waals surface area contributed by atoms with E-state index in [4.69, 9.17) is 5.14 Å². The molecular formula is C8H12N6O2S2. The normalized spacial score (nSPS) is 12.2. The molecule has 2 aromatic rings. The largest absolute Gasteiger partial charge is 0.295 e. The van der Waals surface area contributed by atoms with Crippen LogP contribution in [-0.4, -0.2) is 32.8 Å². The average molecular weight is 288 g/mol. The minimum atomic E-state index is -3.90. The first-order valence-electron chi connectivity index (χ1n) is 5.13. The van der Waals surface area contributed by atoms with Crippen molar-refractivity contribution in [2.45, 2.75) is 25.5 Å². The van der Waals surface area contributed by atoms with E-state index in [9.17, 15) is 8.42 Å². The minimum Gasteiger partial charge on any atom is -0.295 e. The van der Waals surface area contributed by atoms with E-state index in [-0.39, 0.29) is 11.1 Å². The molecule has 0 aliphatic carbocycles. The van der Waals surface area contributed by atoms with Crippen molar-refractivity contribution < 1.29 is 8.42 Å². The summed E-state index contributed by atoms with van der Waals surface area (Å²) < 4.78 is 28.1. The Morgan fingerprint density at radius 3 is 2.61 bits per heavy atom. The molecule has 2 N–H and O–H groups in total. The van der Waals surface area contributed by atoms with Crippen LogP contribution in [-0.2, 0) is 16.6 Å². The summed E-state index contributed by atoms with van der Waals surface area (Å²) in [6.07, 6.45) is 0. The van der Waals surface area contributed by atoms with Gasteiger partial charge in [0.25, 0.3) is 15.2 Å². The maximum atomic E-state index is 11.4. The molecule has 0 saturated carbocycles.